The molecule has 0 amide bonds. The van der Waals surface area contributed by atoms with E-state index in [2.05, 4.69) is 12.6 Å². The Morgan fingerprint density at radius 3 is 2.42 bits per heavy atom. The molecule has 0 aromatic carbocycles. The van der Waals surface area contributed by atoms with E-state index in [4.69, 9.17) is 5.26 Å². The van der Waals surface area contributed by atoms with Crippen LogP contribution in [0.15, 0.2) is 12.2 Å². The molecule has 0 unspecified atom stereocenters. The third-order valence-electron chi connectivity index (χ3n) is 1.95. The highest BCUT2D eigenvalue weighted by Crippen LogP contribution is 2.44. The molecule has 0 bridgehead atoms. The highest BCUT2D eigenvalue weighted by molar-refractivity contribution is 7.90. The van der Waals surface area contributed by atoms with Crippen molar-refractivity contribution in [2.24, 2.45) is 5.41 Å². The highest BCUT2D eigenvalue weighted by Gasteiger charge is 2.42. The van der Waals surface area contributed by atoms with Gasteiger partial charge in [-0.25, -0.2) is 8.42 Å². The predicted octanol–water partition coefficient (Wildman–Crippen LogP) is 0.891. The quantitative estimate of drug-likeness (QED) is 0.600. The largest absolute Gasteiger partial charge is 0.229 e. The Balaban J connectivity index is 2.75. The van der Waals surface area contributed by atoms with Crippen molar-refractivity contribution in [3.05, 3.63) is 12.2 Å². The van der Waals surface area contributed by atoms with Crippen LogP contribution in [-0.2, 0) is 9.84 Å². The van der Waals surface area contributed by atoms with Crippen LogP contribution in [0.4, 0.5) is 0 Å². The zero-order valence-electron chi connectivity index (χ0n) is 7.00. The van der Waals surface area contributed by atoms with Gasteiger partial charge in [-0.15, -0.1) is 0 Å². The molecule has 0 N–H and O–H groups in total. The number of sulfone groups is 1. The van der Waals surface area contributed by atoms with Gasteiger partial charge in [0.25, 0.3) is 0 Å². The Hall–Kier alpha value is -0.820. The summed E-state index contributed by atoms with van der Waals surface area (Å²) in [6, 6.07) is 2.06. The normalized spacial score (nSPS) is 21.2. The van der Waals surface area contributed by atoms with E-state index in [0.717, 1.165) is 11.8 Å². The van der Waals surface area contributed by atoms with Crippen LogP contribution >= 0.6 is 0 Å². The summed E-state index contributed by atoms with van der Waals surface area (Å²) in [5.74, 6) is -0.0322. The van der Waals surface area contributed by atoms with Gasteiger partial charge in [-0.2, -0.15) is 5.26 Å². The van der Waals surface area contributed by atoms with E-state index in [1.807, 2.05) is 0 Å². The Labute approximate surface area is 72.6 Å². The van der Waals surface area contributed by atoms with Crippen molar-refractivity contribution in [1.29, 1.82) is 5.26 Å². The molecule has 0 atom stereocenters. The van der Waals surface area contributed by atoms with Crippen molar-refractivity contribution in [2.75, 3.05) is 12.0 Å². The number of nitrogens with zero attached hydrogens (tertiary/aromatic N) is 1. The summed E-state index contributed by atoms with van der Waals surface area (Å²) in [5.41, 5.74) is 0.310. The van der Waals surface area contributed by atoms with E-state index < -0.39 is 15.3 Å². The maximum atomic E-state index is 10.9. The third kappa shape index (κ3) is 1.86. The first kappa shape index (κ1) is 9.27. The molecule has 12 heavy (non-hydrogen) atoms. The first-order valence-electron chi connectivity index (χ1n) is 3.63. The van der Waals surface area contributed by atoms with Crippen molar-refractivity contribution in [3.8, 4) is 6.07 Å². The molecule has 0 aromatic heterocycles. The third-order valence-corrected chi connectivity index (χ3v) is 3.03. The van der Waals surface area contributed by atoms with Crippen LogP contribution in [-0.4, -0.2) is 20.4 Å². The summed E-state index contributed by atoms with van der Waals surface area (Å²) >= 11 is 0. The van der Waals surface area contributed by atoms with E-state index >= 15 is 0 Å². The molecule has 3 nitrogen and oxygen atoms in total. The van der Waals surface area contributed by atoms with Gasteiger partial charge < -0.3 is 0 Å². The zero-order valence-corrected chi connectivity index (χ0v) is 7.82. The lowest BCUT2D eigenvalue weighted by Crippen LogP contribution is -2.36. The second kappa shape index (κ2) is 2.60. The molecule has 0 spiro atoms. The standard InChI is InChI=1S/C8H11NO2S/c1-7-3-8(4-7,5-9)6-12(2,10)11/h1,3-4,6H2,2H3. The molecule has 66 valence electrons. The smallest absolute Gasteiger partial charge is 0.149 e. The maximum Gasteiger partial charge on any atom is 0.149 e. The molecule has 1 aliphatic carbocycles. The Kier molecular flexibility index (Phi) is 2.01. The van der Waals surface area contributed by atoms with E-state index in [1.165, 1.54) is 0 Å². The van der Waals surface area contributed by atoms with Crippen LogP contribution in [0.1, 0.15) is 12.8 Å². The fourth-order valence-electron chi connectivity index (χ4n) is 1.62. The molecule has 1 fully saturated rings. The zero-order chi connectivity index (χ0) is 9.41. The number of hydrogen-bond acceptors (Lipinski definition) is 3. The van der Waals surface area contributed by atoms with Gasteiger partial charge in [0.05, 0.1) is 17.2 Å². The molecule has 1 aliphatic rings. The van der Waals surface area contributed by atoms with Gasteiger partial charge in [-0.05, 0) is 12.8 Å². The molecule has 1 saturated carbocycles. The highest BCUT2D eigenvalue weighted by atomic mass is 32.2. The SMILES string of the molecule is C=C1CC(C#N)(CS(C)(=O)=O)C1. The van der Waals surface area contributed by atoms with Crippen molar-refractivity contribution in [3.63, 3.8) is 0 Å². The summed E-state index contributed by atoms with van der Waals surface area (Å²) in [6.07, 6.45) is 2.24. The molecular weight excluding hydrogens is 174 g/mol. The Morgan fingerprint density at radius 1 is 1.67 bits per heavy atom. The topological polar surface area (TPSA) is 57.9 Å². The van der Waals surface area contributed by atoms with Gasteiger partial charge in [0, 0.05) is 6.26 Å². The first-order valence-corrected chi connectivity index (χ1v) is 5.69. The van der Waals surface area contributed by atoms with Crippen molar-refractivity contribution >= 4 is 9.84 Å². The van der Waals surface area contributed by atoms with Crippen LogP contribution < -0.4 is 0 Å². The molecule has 0 heterocycles. The van der Waals surface area contributed by atoms with E-state index in [9.17, 15) is 8.42 Å². The second-order valence-electron chi connectivity index (χ2n) is 3.57. The van der Waals surface area contributed by atoms with Gasteiger partial charge in [-0.3, -0.25) is 0 Å². The molecule has 0 saturated heterocycles. The molecule has 4 heteroatoms. The maximum absolute atomic E-state index is 10.9. The number of rotatable bonds is 2. The average Bonchev–Trinajstić information content (AvgIpc) is 1.80. The lowest BCUT2D eigenvalue weighted by molar-refractivity contribution is 0.341. The van der Waals surface area contributed by atoms with Crippen molar-refractivity contribution in [1.82, 2.24) is 0 Å². The van der Waals surface area contributed by atoms with Crippen LogP contribution in [0, 0.1) is 16.7 Å². The number of hydrogen-bond donors (Lipinski definition) is 0. The number of allylic oxidation sites excluding steroid dienone is 1. The number of nitriles is 1. The monoisotopic (exact) mass is 185 g/mol. The van der Waals surface area contributed by atoms with Crippen LogP contribution in [0.2, 0.25) is 0 Å². The van der Waals surface area contributed by atoms with E-state index in [0.29, 0.717) is 12.8 Å². The van der Waals surface area contributed by atoms with Crippen molar-refractivity contribution in [2.45, 2.75) is 12.8 Å². The fourth-order valence-corrected chi connectivity index (χ4v) is 2.89. The first-order chi connectivity index (χ1) is 5.37. The Bertz CT molecular complexity index is 340. The van der Waals surface area contributed by atoms with Gasteiger partial charge in [-0.1, -0.05) is 12.2 Å². The van der Waals surface area contributed by atoms with E-state index in [-0.39, 0.29) is 5.75 Å². The van der Waals surface area contributed by atoms with Crippen LogP contribution in [0.25, 0.3) is 0 Å². The van der Waals surface area contributed by atoms with E-state index in [1.54, 1.807) is 0 Å². The fraction of sp³-hybridized carbons (Fsp3) is 0.625. The second-order valence-corrected chi connectivity index (χ2v) is 5.71. The van der Waals surface area contributed by atoms with Gasteiger partial charge in [0.2, 0.25) is 0 Å². The summed E-state index contributed by atoms with van der Waals surface area (Å²) in [6.45, 7) is 3.69. The molecule has 0 aliphatic heterocycles. The van der Waals surface area contributed by atoms with Crippen LogP contribution in [0.3, 0.4) is 0 Å². The summed E-state index contributed by atoms with van der Waals surface area (Å²) in [7, 11) is -3.04. The minimum absolute atomic E-state index is 0.0322. The Morgan fingerprint density at radius 2 is 2.17 bits per heavy atom. The molecular formula is C8H11NO2S. The molecule has 1 rings (SSSR count). The predicted molar refractivity (Wildman–Crippen MR) is 46.1 cm³/mol. The minimum Gasteiger partial charge on any atom is -0.229 e. The van der Waals surface area contributed by atoms with Crippen LogP contribution in [0.5, 0.6) is 0 Å². The lowest BCUT2D eigenvalue weighted by Gasteiger charge is -2.36. The molecule has 0 aromatic rings. The van der Waals surface area contributed by atoms with Gasteiger partial charge >= 0.3 is 0 Å². The summed E-state index contributed by atoms with van der Waals surface area (Å²) in [4.78, 5) is 0. The summed E-state index contributed by atoms with van der Waals surface area (Å²) in [5, 5.41) is 8.76. The average molecular weight is 185 g/mol. The van der Waals surface area contributed by atoms with Gasteiger partial charge in [0.1, 0.15) is 9.84 Å². The lowest BCUT2D eigenvalue weighted by atomic mass is 9.68. The van der Waals surface area contributed by atoms with Gasteiger partial charge in [0.15, 0.2) is 0 Å². The molecule has 0 radical (unpaired) electrons. The summed E-state index contributed by atoms with van der Waals surface area (Å²) < 4.78 is 21.8. The van der Waals surface area contributed by atoms with Crippen molar-refractivity contribution < 1.29 is 8.42 Å². The minimum atomic E-state index is -3.04.